The van der Waals surface area contributed by atoms with Gasteiger partial charge in [0.05, 0.1) is 6.10 Å². The first kappa shape index (κ1) is 14.4. The average molecular weight is 262 g/mol. The fourth-order valence-corrected chi connectivity index (χ4v) is 2.80. The van der Waals surface area contributed by atoms with Gasteiger partial charge in [0.2, 0.25) is 0 Å². The highest BCUT2D eigenvalue weighted by atomic mass is 16.3. The molecule has 19 heavy (non-hydrogen) atoms. The highest BCUT2D eigenvalue weighted by Gasteiger charge is 2.24. The van der Waals surface area contributed by atoms with Gasteiger partial charge in [-0.1, -0.05) is 25.1 Å². The van der Waals surface area contributed by atoms with E-state index in [-0.39, 0.29) is 6.10 Å². The van der Waals surface area contributed by atoms with E-state index >= 15 is 0 Å². The number of rotatable bonds is 5. The number of aliphatic hydroxyl groups excluding tert-OH is 1. The summed E-state index contributed by atoms with van der Waals surface area (Å²) in [7, 11) is 2.14. The Morgan fingerprint density at radius 3 is 2.79 bits per heavy atom. The molecule has 0 spiro atoms. The van der Waals surface area contributed by atoms with Crippen LogP contribution in [-0.2, 0) is 0 Å². The van der Waals surface area contributed by atoms with Crippen LogP contribution >= 0.6 is 0 Å². The quantitative estimate of drug-likeness (QED) is 0.882. The van der Waals surface area contributed by atoms with Gasteiger partial charge in [0.25, 0.3) is 0 Å². The molecule has 1 fully saturated rings. The molecule has 0 bridgehead atoms. The zero-order valence-corrected chi connectivity index (χ0v) is 12.1. The molecule has 1 aromatic rings. The molecule has 1 aromatic carbocycles. The Balaban J connectivity index is 1.93. The molecule has 0 radical (unpaired) electrons. The summed E-state index contributed by atoms with van der Waals surface area (Å²) in [6, 6.07) is 11.2. The first-order valence-corrected chi connectivity index (χ1v) is 7.39. The van der Waals surface area contributed by atoms with Gasteiger partial charge in [-0.3, -0.25) is 4.90 Å². The predicted octanol–water partition coefficient (Wildman–Crippen LogP) is 2.36. The predicted molar refractivity (Wildman–Crippen MR) is 80.6 cm³/mol. The van der Waals surface area contributed by atoms with Crippen molar-refractivity contribution in [1.29, 1.82) is 0 Å². The molecule has 0 aromatic heterocycles. The van der Waals surface area contributed by atoms with Crippen LogP contribution in [-0.4, -0.2) is 48.8 Å². The van der Waals surface area contributed by atoms with Crippen LogP contribution in [0.4, 0.5) is 5.69 Å². The van der Waals surface area contributed by atoms with Crippen molar-refractivity contribution in [3.8, 4) is 0 Å². The molecule has 1 heterocycles. The van der Waals surface area contributed by atoms with Crippen molar-refractivity contribution >= 4 is 5.69 Å². The van der Waals surface area contributed by atoms with Gasteiger partial charge >= 0.3 is 0 Å². The van der Waals surface area contributed by atoms with E-state index in [2.05, 4.69) is 47.2 Å². The zero-order chi connectivity index (χ0) is 13.7. The lowest BCUT2D eigenvalue weighted by atomic mass is 10.0. The Morgan fingerprint density at radius 1 is 1.37 bits per heavy atom. The number of likely N-dealkylation sites (N-methyl/N-ethyl adjacent to an activating group) is 1. The minimum absolute atomic E-state index is 0.197. The fraction of sp³-hybridized carbons (Fsp3) is 0.625. The van der Waals surface area contributed by atoms with Crippen LogP contribution < -0.4 is 4.90 Å². The van der Waals surface area contributed by atoms with E-state index in [4.69, 9.17) is 0 Å². The molecule has 2 rings (SSSR count). The molecule has 1 aliphatic rings. The highest BCUT2D eigenvalue weighted by molar-refractivity contribution is 5.46. The van der Waals surface area contributed by atoms with E-state index in [1.54, 1.807) is 0 Å². The maximum Gasteiger partial charge on any atom is 0.0664 e. The summed E-state index contributed by atoms with van der Waals surface area (Å²) < 4.78 is 0. The summed E-state index contributed by atoms with van der Waals surface area (Å²) in [4.78, 5) is 4.78. The SMILES string of the molecule is CCC(O)CN(C)C1CCCN(c2ccccc2)C1. The Morgan fingerprint density at radius 2 is 2.11 bits per heavy atom. The highest BCUT2D eigenvalue weighted by Crippen LogP contribution is 2.21. The third kappa shape index (κ3) is 3.95. The van der Waals surface area contributed by atoms with Gasteiger partial charge < -0.3 is 10.0 Å². The third-order valence-electron chi connectivity index (χ3n) is 4.11. The summed E-state index contributed by atoms with van der Waals surface area (Å²) in [6.45, 7) is 5.03. The van der Waals surface area contributed by atoms with Gasteiger partial charge in [-0.2, -0.15) is 0 Å². The summed E-state index contributed by atoms with van der Waals surface area (Å²) in [6.07, 6.45) is 3.10. The molecule has 3 nitrogen and oxygen atoms in total. The number of anilines is 1. The lowest BCUT2D eigenvalue weighted by Gasteiger charge is -2.39. The maximum absolute atomic E-state index is 9.79. The van der Waals surface area contributed by atoms with E-state index in [1.165, 1.54) is 18.5 Å². The van der Waals surface area contributed by atoms with Crippen molar-refractivity contribution < 1.29 is 5.11 Å². The molecule has 2 unspecified atom stereocenters. The number of nitrogens with zero attached hydrogens (tertiary/aromatic N) is 2. The second-order valence-electron chi connectivity index (χ2n) is 5.58. The smallest absolute Gasteiger partial charge is 0.0664 e. The first-order chi connectivity index (χ1) is 9.20. The van der Waals surface area contributed by atoms with Gasteiger partial charge in [-0.15, -0.1) is 0 Å². The van der Waals surface area contributed by atoms with Crippen LogP contribution in [0.15, 0.2) is 30.3 Å². The summed E-state index contributed by atoms with van der Waals surface area (Å²) >= 11 is 0. The number of benzene rings is 1. The van der Waals surface area contributed by atoms with E-state index in [0.29, 0.717) is 6.04 Å². The van der Waals surface area contributed by atoms with Crippen molar-refractivity contribution in [3.05, 3.63) is 30.3 Å². The van der Waals surface area contributed by atoms with Crippen LogP contribution in [0.2, 0.25) is 0 Å². The van der Waals surface area contributed by atoms with Gasteiger partial charge in [-0.05, 0) is 38.4 Å². The van der Waals surface area contributed by atoms with Crippen molar-refractivity contribution in [2.75, 3.05) is 31.6 Å². The van der Waals surface area contributed by atoms with Gasteiger partial charge in [0.1, 0.15) is 0 Å². The molecule has 1 N–H and O–H groups in total. The molecule has 0 saturated carbocycles. The number of aliphatic hydroxyl groups is 1. The molecule has 106 valence electrons. The van der Waals surface area contributed by atoms with Crippen molar-refractivity contribution in [1.82, 2.24) is 4.90 Å². The largest absolute Gasteiger partial charge is 0.392 e. The summed E-state index contributed by atoms with van der Waals surface area (Å²) in [5.41, 5.74) is 1.32. The van der Waals surface area contributed by atoms with E-state index in [0.717, 1.165) is 26.1 Å². The van der Waals surface area contributed by atoms with Crippen molar-refractivity contribution in [2.45, 2.75) is 38.3 Å². The van der Waals surface area contributed by atoms with Crippen LogP contribution in [0, 0.1) is 0 Å². The normalized spacial score (nSPS) is 21.7. The Bertz CT molecular complexity index is 368. The first-order valence-electron chi connectivity index (χ1n) is 7.39. The average Bonchev–Trinajstić information content (AvgIpc) is 2.48. The van der Waals surface area contributed by atoms with Crippen LogP contribution in [0.5, 0.6) is 0 Å². The summed E-state index contributed by atoms with van der Waals surface area (Å²) in [5, 5.41) is 9.79. The second-order valence-corrected chi connectivity index (χ2v) is 5.58. The number of hydrogen-bond acceptors (Lipinski definition) is 3. The Hall–Kier alpha value is -1.06. The van der Waals surface area contributed by atoms with Gasteiger partial charge in [-0.25, -0.2) is 0 Å². The number of para-hydroxylation sites is 1. The van der Waals surface area contributed by atoms with Gasteiger partial charge in [0.15, 0.2) is 0 Å². The Kier molecular flexibility index (Phi) is 5.23. The number of piperidine rings is 1. The van der Waals surface area contributed by atoms with E-state index < -0.39 is 0 Å². The van der Waals surface area contributed by atoms with Crippen molar-refractivity contribution in [2.24, 2.45) is 0 Å². The zero-order valence-electron chi connectivity index (χ0n) is 12.1. The fourth-order valence-electron chi connectivity index (χ4n) is 2.80. The maximum atomic E-state index is 9.79. The Labute approximate surface area is 116 Å². The molecule has 1 aliphatic heterocycles. The monoisotopic (exact) mass is 262 g/mol. The van der Waals surface area contributed by atoms with E-state index in [9.17, 15) is 5.11 Å². The van der Waals surface area contributed by atoms with Gasteiger partial charge in [0, 0.05) is 31.4 Å². The van der Waals surface area contributed by atoms with Crippen molar-refractivity contribution in [3.63, 3.8) is 0 Å². The molecule has 0 aliphatic carbocycles. The van der Waals surface area contributed by atoms with Crippen LogP contribution in [0.25, 0.3) is 0 Å². The lowest BCUT2D eigenvalue weighted by molar-refractivity contribution is 0.0958. The standard InChI is InChI=1S/C16H26N2O/c1-3-16(19)13-17(2)15-10-7-11-18(12-15)14-8-5-4-6-9-14/h4-6,8-9,15-16,19H,3,7,10-13H2,1-2H3. The molecular weight excluding hydrogens is 236 g/mol. The summed E-state index contributed by atoms with van der Waals surface area (Å²) in [5.74, 6) is 0. The molecule has 0 amide bonds. The third-order valence-corrected chi connectivity index (χ3v) is 4.11. The molecular formula is C16H26N2O. The minimum Gasteiger partial charge on any atom is -0.392 e. The second kappa shape index (κ2) is 6.92. The minimum atomic E-state index is -0.197. The molecule has 1 saturated heterocycles. The molecule has 2 atom stereocenters. The van der Waals surface area contributed by atoms with E-state index in [1.807, 2.05) is 6.92 Å². The topological polar surface area (TPSA) is 26.7 Å². The number of hydrogen-bond donors (Lipinski definition) is 1. The molecule has 3 heteroatoms. The van der Waals surface area contributed by atoms with Crippen LogP contribution in [0.1, 0.15) is 26.2 Å². The lowest BCUT2D eigenvalue weighted by Crippen LogP contribution is -2.48. The van der Waals surface area contributed by atoms with Crippen LogP contribution in [0.3, 0.4) is 0 Å².